The lowest BCUT2D eigenvalue weighted by Gasteiger charge is -2.10. The molecule has 0 saturated heterocycles. The minimum absolute atomic E-state index is 0.0974. The summed E-state index contributed by atoms with van der Waals surface area (Å²) in [5, 5.41) is 4.53. The molecular formula is C17H13F2N3O3S. The van der Waals surface area contributed by atoms with E-state index in [1.807, 2.05) is 0 Å². The highest BCUT2D eigenvalue weighted by Gasteiger charge is 2.10. The number of hydrogen-bond donors (Lipinski definition) is 1. The van der Waals surface area contributed by atoms with Crippen molar-refractivity contribution in [3.8, 4) is 11.5 Å². The summed E-state index contributed by atoms with van der Waals surface area (Å²) in [6.07, 6.45) is 1.37. The average Bonchev–Trinajstić information content (AvgIpc) is 2.62. The lowest BCUT2D eigenvalue weighted by atomic mass is 10.2. The van der Waals surface area contributed by atoms with E-state index >= 15 is 0 Å². The molecule has 3 rings (SSSR count). The van der Waals surface area contributed by atoms with Gasteiger partial charge < -0.3 is 14.5 Å². The Kier molecular flexibility index (Phi) is 5.08. The van der Waals surface area contributed by atoms with E-state index in [-0.39, 0.29) is 21.8 Å². The normalized spacial score (nSPS) is 11.4. The van der Waals surface area contributed by atoms with Gasteiger partial charge in [-0.1, -0.05) is 12.1 Å². The van der Waals surface area contributed by atoms with Crippen LogP contribution >= 0.6 is 12.2 Å². The van der Waals surface area contributed by atoms with Gasteiger partial charge in [0, 0.05) is 0 Å². The molecule has 1 heterocycles. The van der Waals surface area contributed by atoms with Crippen molar-refractivity contribution in [3.05, 3.63) is 63.2 Å². The Bertz CT molecular complexity index is 1090. The van der Waals surface area contributed by atoms with Crippen LogP contribution in [0.25, 0.3) is 10.9 Å². The molecule has 1 aromatic heterocycles. The van der Waals surface area contributed by atoms with Crippen LogP contribution in [0, 0.1) is 4.77 Å². The zero-order valence-electron chi connectivity index (χ0n) is 13.5. The van der Waals surface area contributed by atoms with E-state index in [2.05, 4.69) is 14.8 Å². The van der Waals surface area contributed by atoms with E-state index in [9.17, 15) is 13.6 Å². The summed E-state index contributed by atoms with van der Waals surface area (Å²) >= 11 is 5.16. The van der Waals surface area contributed by atoms with Gasteiger partial charge >= 0.3 is 6.61 Å². The fraction of sp³-hybridized carbons (Fsp3) is 0.118. The van der Waals surface area contributed by atoms with E-state index < -0.39 is 6.61 Å². The third kappa shape index (κ3) is 3.62. The maximum atomic E-state index is 12.5. The van der Waals surface area contributed by atoms with Crippen LogP contribution in [0.2, 0.25) is 0 Å². The first-order valence-electron chi connectivity index (χ1n) is 7.41. The molecular weight excluding hydrogens is 364 g/mol. The first kappa shape index (κ1) is 17.7. The Hall–Kier alpha value is -3.07. The maximum Gasteiger partial charge on any atom is 0.387 e. The van der Waals surface area contributed by atoms with Crippen LogP contribution in [0.4, 0.5) is 8.78 Å². The molecule has 0 spiro atoms. The number of hydrogen-bond acceptors (Lipinski definition) is 5. The first-order valence-corrected chi connectivity index (χ1v) is 7.81. The number of alkyl halides is 2. The predicted molar refractivity (Wildman–Crippen MR) is 96.0 cm³/mol. The van der Waals surface area contributed by atoms with Gasteiger partial charge in [0.2, 0.25) is 4.77 Å². The lowest BCUT2D eigenvalue weighted by Crippen LogP contribution is -2.18. The zero-order valence-corrected chi connectivity index (χ0v) is 14.3. The molecule has 0 aliphatic heterocycles. The molecule has 0 radical (unpaired) electrons. The molecule has 2 aromatic carbocycles. The average molecular weight is 377 g/mol. The van der Waals surface area contributed by atoms with E-state index in [1.54, 1.807) is 24.3 Å². The SMILES string of the molecule is COc1cc(/C=N\n2c(=S)[nH]c3ccccc3c2=O)ccc1OC(F)F. The van der Waals surface area contributed by atoms with E-state index in [1.165, 1.54) is 31.5 Å². The monoisotopic (exact) mass is 377 g/mol. The third-order valence-electron chi connectivity index (χ3n) is 3.51. The number of H-pyrrole nitrogens is 1. The number of para-hydroxylation sites is 1. The Morgan fingerprint density at radius 2 is 2.00 bits per heavy atom. The number of fused-ring (bicyclic) bond motifs is 1. The number of aromatic nitrogens is 2. The molecule has 134 valence electrons. The minimum atomic E-state index is -2.96. The number of benzene rings is 2. The number of methoxy groups -OCH3 is 1. The second-order valence-electron chi connectivity index (χ2n) is 5.13. The lowest BCUT2D eigenvalue weighted by molar-refractivity contribution is -0.0512. The van der Waals surface area contributed by atoms with E-state index in [0.717, 1.165) is 4.68 Å². The van der Waals surface area contributed by atoms with Crippen LogP contribution in [0.5, 0.6) is 11.5 Å². The van der Waals surface area contributed by atoms with E-state index in [0.29, 0.717) is 16.5 Å². The van der Waals surface area contributed by atoms with Gasteiger partial charge in [-0.05, 0) is 48.1 Å². The predicted octanol–water partition coefficient (Wildman–Crippen LogP) is 3.55. The van der Waals surface area contributed by atoms with Crippen molar-refractivity contribution >= 4 is 29.3 Å². The van der Waals surface area contributed by atoms with Gasteiger partial charge in [0.1, 0.15) is 0 Å². The summed E-state index contributed by atoms with van der Waals surface area (Å²) in [5.41, 5.74) is 0.757. The topological polar surface area (TPSA) is 68.6 Å². The summed E-state index contributed by atoms with van der Waals surface area (Å²) in [6.45, 7) is -2.96. The number of halogens is 2. The highest BCUT2D eigenvalue weighted by Crippen LogP contribution is 2.28. The Labute approximate surface area is 151 Å². The number of nitrogens with zero attached hydrogens (tertiary/aromatic N) is 2. The molecule has 1 N–H and O–H groups in total. The maximum absolute atomic E-state index is 12.5. The minimum Gasteiger partial charge on any atom is -0.493 e. The van der Waals surface area contributed by atoms with Gasteiger partial charge in [-0.3, -0.25) is 4.79 Å². The molecule has 3 aromatic rings. The van der Waals surface area contributed by atoms with Gasteiger partial charge in [-0.2, -0.15) is 18.6 Å². The van der Waals surface area contributed by atoms with Crippen LogP contribution in [-0.2, 0) is 0 Å². The van der Waals surface area contributed by atoms with Gasteiger partial charge in [0.25, 0.3) is 5.56 Å². The molecule has 0 aliphatic carbocycles. The molecule has 0 atom stereocenters. The molecule has 9 heteroatoms. The van der Waals surface area contributed by atoms with Gasteiger partial charge in [-0.25, -0.2) is 0 Å². The summed E-state index contributed by atoms with van der Waals surface area (Å²) in [4.78, 5) is 15.4. The molecule has 0 bridgehead atoms. The van der Waals surface area contributed by atoms with Crippen molar-refractivity contribution in [2.75, 3.05) is 7.11 Å². The van der Waals surface area contributed by atoms with Crippen LogP contribution < -0.4 is 15.0 Å². The largest absolute Gasteiger partial charge is 0.493 e. The smallest absolute Gasteiger partial charge is 0.387 e. The third-order valence-corrected chi connectivity index (χ3v) is 3.78. The number of nitrogens with one attached hydrogen (secondary N) is 1. The number of rotatable bonds is 5. The van der Waals surface area contributed by atoms with E-state index in [4.69, 9.17) is 17.0 Å². The molecule has 0 aliphatic rings. The van der Waals surface area contributed by atoms with Crippen LogP contribution in [-0.4, -0.2) is 29.6 Å². The van der Waals surface area contributed by atoms with Crippen LogP contribution in [0.1, 0.15) is 5.56 Å². The van der Waals surface area contributed by atoms with Crippen molar-refractivity contribution in [2.45, 2.75) is 6.61 Å². The standard InChI is InChI=1S/C17H13F2N3O3S/c1-24-14-8-10(6-7-13(14)25-16(18)19)9-20-22-15(23)11-4-2-3-5-12(11)21-17(22)26/h2-9,16H,1H3,(H,21,26)/b20-9-. The summed E-state index contributed by atoms with van der Waals surface area (Å²) in [5.74, 6) is 0.0186. The fourth-order valence-corrected chi connectivity index (χ4v) is 2.58. The van der Waals surface area contributed by atoms with Gasteiger partial charge in [-0.15, -0.1) is 0 Å². The second kappa shape index (κ2) is 7.44. The summed E-state index contributed by atoms with van der Waals surface area (Å²) in [7, 11) is 1.33. The van der Waals surface area contributed by atoms with Crippen LogP contribution in [0.3, 0.4) is 0 Å². The Morgan fingerprint density at radius 3 is 2.73 bits per heavy atom. The molecule has 6 nitrogen and oxygen atoms in total. The molecule has 0 fully saturated rings. The van der Waals surface area contributed by atoms with Crippen LogP contribution in [0.15, 0.2) is 52.4 Å². The van der Waals surface area contributed by atoms with Crippen molar-refractivity contribution in [2.24, 2.45) is 5.10 Å². The molecule has 0 saturated carbocycles. The molecule has 0 amide bonds. The Balaban J connectivity index is 1.99. The summed E-state index contributed by atoms with van der Waals surface area (Å²) < 4.78 is 35.3. The molecule has 0 unspecified atom stereocenters. The summed E-state index contributed by atoms with van der Waals surface area (Å²) in [6, 6.07) is 11.2. The highest BCUT2D eigenvalue weighted by molar-refractivity contribution is 7.71. The Morgan fingerprint density at radius 1 is 1.23 bits per heavy atom. The number of aromatic amines is 1. The second-order valence-corrected chi connectivity index (χ2v) is 5.51. The first-order chi connectivity index (χ1) is 12.5. The quantitative estimate of drug-likeness (QED) is 0.545. The highest BCUT2D eigenvalue weighted by atomic mass is 32.1. The van der Waals surface area contributed by atoms with Gasteiger partial charge in [0.05, 0.1) is 24.2 Å². The van der Waals surface area contributed by atoms with Gasteiger partial charge in [0.15, 0.2) is 11.5 Å². The molecule has 26 heavy (non-hydrogen) atoms. The van der Waals surface area contributed by atoms with Crippen molar-refractivity contribution in [1.29, 1.82) is 0 Å². The zero-order chi connectivity index (χ0) is 18.7. The fourth-order valence-electron chi connectivity index (χ4n) is 2.34. The number of ether oxygens (including phenoxy) is 2. The van der Waals surface area contributed by atoms with Crippen molar-refractivity contribution < 1.29 is 18.3 Å². The van der Waals surface area contributed by atoms with Crippen molar-refractivity contribution in [1.82, 2.24) is 9.66 Å². The van der Waals surface area contributed by atoms with Crippen molar-refractivity contribution in [3.63, 3.8) is 0 Å².